The minimum atomic E-state index is -0.370. The van der Waals surface area contributed by atoms with Gasteiger partial charge in [-0.3, -0.25) is 9.59 Å². The van der Waals surface area contributed by atoms with E-state index in [1.165, 1.54) is 24.2 Å². The van der Waals surface area contributed by atoms with Gasteiger partial charge in [-0.15, -0.1) is 0 Å². The number of rotatable bonds is 4. The number of thioether (sulfide) groups is 2. The number of furan rings is 1. The van der Waals surface area contributed by atoms with E-state index in [9.17, 15) is 9.59 Å². The minimum Gasteiger partial charge on any atom is -0.451 e. The molecule has 1 N–H and O–H groups in total. The number of para-hydroxylation sites is 2. The predicted octanol–water partition coefficient (Wildman–Crippen LogP) is 5.63. The molecule has 3 aromatic rings. The van der Waals surface area contributed by atoms with Crippen LogP contribution in [0.15, 0.2) is 57.9 Å². The fourth-order valence-electron chi connectivity index (χ4n) is 2.92. The van der Waals surface area contributed by atoms with E-state index < -0.39 is 0 Å². The largest absolute Gasteiger partial charge is 0.451 e. The maximum absolute atomic E-state index is 12.8. The molecule has 28 heavy (non-hydrogen) atoms. The molecule has 1 amide bonds. The Morgan fingerprint density at radius 2 is 1.93 bits per heavy atom. The van der Waals surface area contributed by atoms with Crippen molar-refractivity contribution in [1.82, 2.24) is 0 Å². The maximum atomic E-state index is 12.8. The molecule has 7 heteroatoms. The van der Waals surface area contributed by atoms with Crippen LogP contribution < -0.4 is 5.32 Å². The van der Waals surface area contributed by atoms with Crippen LogP contribution in [-0.4, -0.2) is 21.3 Å². The van der Waals surface area contributed by atoms with Crippen molar-refractivity contribution in [1.29, 1.82) is 0 Å². The molecule has 0 radical (unpaired) electrons. The van der Waals surface area contributed by atoms with Gasteiger partial charge in [0.2, 0.25) is 5.91 Å². The zero-order valence-corrected chi connectivity index (χ0v) is 17.0. The first-order chi connectivity index (χ1) is 13.5. The van der Waals surface area contributed by atoms with E-state index in [4.69, 9.17) is 4.42 Å². The number of hydrogen-bond donors (Lipinski definition) is 1. The van der Waals surface area contributed by atoms with E-state index in [0.717, 1.165) is 21.2 Å². The Labute approximate surface area is 171 Å². The summed E-state index contributed by atoms with van der Waals surface area (Å²) in [6, 6.07) is 15.3. The van der Waals surface area contributed by atoms with Crippen molar-refractivity contribution in [2.24, 2.45) is 4.99 Å². The van der Waals surface area contributed by atoms with Gasteiger partial charge in [0.15, 0.2) is 11.5 Å². The third-order valence-electron chi connectivity index (χ3n) is 4.36. The molecule has 1 aromatic heterocycles. The minimum absolute atomic E-state index is 0.171. The average molecular weight is 411 g/mol. The number of hydrogen-bond acceptors (Lipinski definition) is 6. The Bertz CT molecular complexity index is 1100. The van der Waals surface area contributed by atoms with Crippen LogP contribution in [-0.2, 0) is 10.5 Å². The molecule has 0 saturated carbocycles. The number of carbonyl (C=O) groups is 2. The molecule has 0 spiro atoms. The van der Waals surface area contributed by atoms with Gasteiger partial charge >= 0.3 is 0 Å². The first kappa shape index (κ1) is 18.8. The third-order valence-corrected chi connectivity index (χ3v) is 6.66. The second kappa shape index (κ2) is 7.85. The van der Waals surface area contributed by atoms with Crippen LogP contribution in [0, 0.1) is 0 Å². The summed E-state index contributed by atoms with van der Waals surface area (Å²) in [5.74, 6) is 0.596. The summed E-state index contributed by atoms with van der Waals surface area (Å²) in [5.41, 5.74) is 3.16. The summed E-state index contributed by atoms with van der Waals surface area (Å²) < 4.78 is 6.50. The molecule has 0 fully saturated rings. The topological polar surface area (TPSA) is 71.7 Å². The second-order valence-electron chi connectivity index (χ2n) is 6.40. The van der Waals surface area contributed by atoms with Gasteiger partial charge in [-0.1, -0.05) is 53.9 Å². The molecule has 0 saturated heterocycles. The second-order valence-corrected chi connectivity index (χ2v) is 8.95. The average Bonchev–Trinajstić information content (AvgIpc) is 3.07. The fourth-order valence-corrected chi connectivity index (χ4v) is 5.11. The van der Waals surface area contributed by atoms with E-state index in [1.807, 2.05) is 43.3 Å². The molecule has 142 valence electrons. The normalized spacial score (nSPS) is 14.3. The standard InChI is InChI=1S/C21H18N2O3S2/c1-12(24)19-18(15-8-4-6-10-17(15)26-19)23-20(25)13(2)28-21-22-16-9-5-3-7-14(16)11-27-21/h3-10,13H,11H2,1-2H3,(H,23,25)/t13-/m1/s1. The fraction of sp³-hybridized carbons (Fsp3) is 0.190. The lowest BCUT2D eigenvalue weighted by Crippen LogP contribution is -2.24. The lowest BCUT2D eigenvalue weighted by atomic mass is 10.2. The molecule has 2 aromatic carbocycles. The number of nitrogens with one attached hydrogen (secondary N) is 1. The highest BCUT2D eigenvalue weighted by atomic mass is 32.2. The first-order valence-corrected chi connectivity index (χ1v) is 10.7. The Morgan fingerprint density at radius 3 is 2.75 bits per heavy atom. The van der Waals surface area contributed by atoms with Crippen LogP contribution >= 0.6 is 23.5 Å². The zero-order valence-electron chi connectivity index (χ0n) is 15.4. The SMILES string of the molecule is CC(=O)c1oc2ccccc2c1NC(=O)[C@@H](C)SC1=Nc2ccccc2CS1. The smallest absolute Gasteiger partial charge is 0.237 e. The number of carbonyl (C=O) groups excluding carboxylic acids is 2. The quantitative estimate of drug-likeness (QED) is 0.564. The molecule has 0 unspecified atom stereocenters. The first-order valence-electron chi connectivity index (χ1n) is 8.82. The van der Waals surface area contributed by atoms with Crippen LogP contribution in [0.2, 0.25) is 0 Å². The van der Waals surface area contributed by atoms with E-state index in [2.05, 4.69) is 16.4 Å². The van der Waals surface area contributed by atoms with Crippen LogP contribution in [0.4, 0.5) is 11.4 Å². The third kappa shape index (κ3) is 3.72. The molecular weight excluding hydrogens is 392 g/mol. The van der Waals surface area contributed by atoms with Crippen molar-refractivity contribution in [3.8, 4) is 0 Å². The van der Waals surface area contributed by atoms with Crippen molar-refractivity contribution in [3.63, 3.8) is 0 Å². The van der Waals surface area contributed by atoms with Crippen LogP contribution in [0.5, 0.6) is 0 Å². The lowest BCUT2D eigenvalue weighted by molar-refractivity contribution is -0.115. The van der Waals surface area contributed by atoms with Gasteiger partial charge in [-0.05, 0) is 30.7 Å². The Morgan fingerprint density at radius 1 is 1.18 bits per heavy atom. The molecule has 5 nitrogen and oxygen atoms in total. The summed E-state index contributed by atoms with van der Waals surface area (Å²) in [6.07, 6.45) is 0. The van der Waals surface area contributed by atoms with E-state index >= 15 is 0 Å². The molecule has 1 aliphatic rings. The highest BCUT2D eigenvalue weighted by molar-refractivity contribution is 8.39. The highest BCUT2D eigenvalue weighted by Gasteiger charge is 2.24. The number of Topliss-reactive ketones (excluding diaryl/α,β-unsaturated/α-hetero) is 1. The summed E-state index contributed by atoms with van der Waals surface area (Å²) >= 11 is 3.05. The van der Waals surface area contributed by atoms with Crippen molar-refractivity contribution >= 4 is 61.9 Å². The molecule has 0 aliphatic carbocycles. The van der Waals surface area contributed by atoms with E-state index in [-0.39, 0.29) is 22.7 Å². The number of ketones is 1. The highest BCUT2D eigenvalue weighted by Crippen LogP contribution is 2.36. The van der Waals surface area contributed by atoms with Crippen molar-refractivity contribution in [2.75, 3.05) is 5.32 Å². The molecule has 1 aliphatic heterocycles. The van der Waals surface area contributed by atoms with Gasteiger partial charge in [-0.25, -0.2) is 4.99 Å². The lowest BCUT2D eigenvalue weighted by Gasteiger charge is -2.17. The molecule has 4 rings (SSSR count). The monoisotopic (exact) mass is 410 g/mol. The van der Waals surface area contributed by atoms with Gasteiger partial charge in [0, 0.05) is 18.1 Å². The van der Waals surface area contributed by atoms with Crippen molar-refractivity contribution < 1.29 is 14.0 Å². The molecule has 1 atom stereocenters. The molecule has 2 heterocycles. The number of fused-ring (bicyclic) bond motifs is 2. The van der Waals surface area contributed by atoms with Gasteiger partial charge in [0.05, 0.1) is 16.6 Å². The summed E-state index contributed by atoms with van der Waals surface area (Å²) in [7, 11) is 0. The predicted molar refractivity (Wildman–Crippen MR) is 117 cm³/mol. The van der Waals surface area contributed by atoms with Gasteiger partial charge in [0.1, 0.15) is 9.96 Å². The Hall–Kier alpha value is -2.51. The molecule has 0 bridgehead atoms. The van der Waals surface area contributed by atoms with Crippen LogP contribution in [0.25, 0.3) is 11.0 Å². The summed E-state index contributed by atoms with van der Waals surface area (Å²) in [4.78, 5) is 29.4. The number of anilines is 1. The van der Waals surface area contributed by atoms with Gasteiger partial charge < -0.3 is 9.73 Å². The van der Waals surface area contributed by atoms with Gasteiger partial charge in [-0.2, -0.15) is 0 Å². The van der Waals surface area contributed by atoms with E-state index in [1.54, 1.807) is 17.8 Å². The van der Waals surface area contributed by atoms with E-state index in [0.29, 0.717) is 11.3 Å². The molecular formula is C21H18N2O3S2. The Balaban J connectivity index is 1.53. The maximum Gasteiger partial charge on any atom is 0.237 e. The summed E-state index contributed by atoms with van der Waals surface area (Å²) in [6.45, 7) is 3.26. The van der Waals surface area contributed by atoms with Crippen LogP contribution in [0.1, 0.15) is 30.0 Å². The number of benzene rings is 2. The number of nitrogens with zero attached hydrogens (tertiary/aromatic N) is 1. The van der Waals surface area contributed by atoms with Crippen molar-refractivity contribution in [2.45, 2.75) is 24.9 Å². The number of aliphatic imine (C=N–C) groups is 1. The van der Waals surface area contributed by atoms with Gasteiger partial charge in [0.25, 0.3) is 0 Å². The van der Waals surface area contributed by atoms with Crippen LogP contribution in [0.3, 0.4) is 0 Å². The number of amides is 1. The summed E-state index contributed by atoms with van der Waals surface area (Å²) in [5, 5.41) is 3.23. The van der Waals surface area contributed by atoms with Crippen molar-refractivity contribution in [3.05, 3.63) is 59.9 Å². The zero-order chi connectivity index (χ0) is 19.7. The Kier molecular flexibility index (Phi) is 5.28.